The van der Waals surface area contributed by atoms with Crippen molar-refractivity contribution in [3.63, 3.8) is 0 Å². The number of rotatable bonds is 6. The van der Waals surface area contributed by atoms with Crippen LogP contribution >= 0.6 is 23.1 Å². The number of hydrogen-bond acceptors (Lipinski definition) is 10. The summed E-state index contributed by atoms with van der Waals surface area (Å²) in [5, 5.41) is 30.6. The van der Waals surface area contributed by atoms with Gasteiger partial charge in [0.05, 0.1) is 22.6 Å². The zero-order valence-electron chi connectivity index (χ0n) is 15.5. The van der Waals surface area contributed by atoms with Gasteiger partial charge in [-0.05, 0) is 25.5 Å². The molecule has 9 nitrogen and oxygen atoms in total. The summed E-state index contributed by atoms with van der Waals surface area (Å²) in [6.45, 7) is 3.63. The van der Waals surface area contributed by atoms with Crippen molar-refractivity contribution in [2.24, 2.45) is 0 Å². The molecule has 11 heteroatoms. The molecule has 3 aromatic rings. The molecule has 3 rings (SSSR count). The zero-order chi connectivity index (χ0) is 21.0. The molecule has 0 aliphatic heterocycles. The molecule has 0 saturated heterocycles. The summed E-state index contributed by atoms with van der Waals surface area (Å²) in [6.07, 6.45) is 1.91. The first-order valence-electron chi connectivity index (χ1n) is 8.43. The van der Waals surface area contributed by atoms with Gasteiger partial charge in [-0.3, -0.25) is 10.1 Å². The number of aryl methyl sites for hydroxylation is 1. The number of nitrogens with zero attached hydrogens (tertiary/aromatic N) is 5. The highest BCUT2D eigenvalue weighted by molar-refractivity contribution is 8.00. The van der Waals surface area contributed by atoms with Gasteiger partial charge in [0.2, 0.25) is 11.0 Å². The third-order valence-electron chi connectivity index (χ3n) is 3.86. The molecule has 0 aromatic carbocycles. The van der Waals surface area contributed by atoms with Crippen LogP contribution in [0.1, 0.15) is 29.5 Å². The summed E-state index contributed by atoms with van der Waals surface area (Å²) in [6, 6.07) is 7.33. The number of nitrogens with two attached hydrogens (primary N) is 1. The number of nitrogens with one attached hydrogen (secondary N) is 1. The molecule has 3 aromatic heterocycles. The number of nitrogen functional groups attached to an aromatic ring is 1. The first-order valence-corrected chi connectivity index (χ1v) is 10.1. The molecule has 3 N–H and O–H groups in total. The van der Waals surface area contributed by atoms with Gasteiger partial charge in [-0.15, -0.1) is 10.2 Å². The molecule has 146 valence electrons. The molecule has 3 heterocycles. The minimum atomic E-state index is -0.560. The molecule has 0 aliphatic rings. The Bertz CT molecular complexity index is 1130. The van der Waals surface area contributed by atoms with Crippen LogP contribution in [-0.2, 0) is 4.79 Å². The second-order valence-corrected chi connectivity index (χ2v) is 8.13. The highest BCUT2D eigenvalue weighted by Crippen LogP contribution is 2.37. The van der Waals surface area contributed by atoms with E-state index in [0.29, 0.717) is 17.3 Å². The van der Waals surface area contributed by atoms with Crippen molar-refractivity contribution < 1.29 is 9.21 Å². The summed E-state index contributed by atoms with van der Waals surface area (Å²) < 4.78 is 5.39. The maximum Gasteiger partial charge on any atom is 0.239 e. The fourth-order valence-corrected chi connectivity index (χ4v) is 4.15. The van der Waals surface area contributed by atoms with Gasteiger partial charge < -0.3 is 10.2 Å². The summed E-state index contributed by atoms with van der Waals surface area (Å²) >= 11 is 2.36. The van der Waals surface area contributed by atoms with Crippen molar-refractivity contribution in [3.05, 3.63) is 34.5 Å². The van der Waals surface area contributed by atoms with E-state index >= 15 is 0 Å². The van der Waals surface area contributed by atoms with Crippen molar-refractivity contribution >= 4 is 40.0 Å². The van der Waals surface area contributed by atoms with Crippen LogP contribution in [0.5, 0.6) is 0 Å². The van der Waals surface area contributed by atoms with E-state index in [1.807, 2.05) is 13.0 Å². The Kier molecular flexibility index (Phi) is 6.12. The van der Waals surface area contributed by atoms with Crippen LogP contribution in [0.3, 0.4) is 0 Å². The van der Waals surface area contributed by atoms with Crippen molar-refractivity contribution in [1.82, 2.24) is 15.2 Å². The van der Waals surface area contributed by atoms with Crippen LogP contribution in [-0.4, -0.2) is 26.3 Å². The fraction of sp³-hybridized carbons (Fsp3) is 0.222. The monoisotopic (exact) mass is 425 g/mol. The molecule has 0 aliphatic carbocycles. The fourth-order valence-electron chi connectivity index (χ4n) is 2.54. The number of anilines is 2. The molecule has 1 amide bonds. The minimum Gasteiger partial charge on any atom is -0.464 e. The van der Waals surface area contributed by atoms with E-state index in [1.54, 1.807) is 19.1 Å². The first kappa shape index (κ1) is 20.3. The number of hydrogen-bond donors (Lipinski definition) is 2. The maximum atomic E-state index is 12.7. The number of pyridine rings is 1. The Hall–Kier alpha value is -3.41. The van der Waals surface area contributed by atoms with E-state index in [1.165, 1.54) is 17.6 Å². The quantitative estimate of drug-likeness (QED) is 0.566. The Balaban J connectivity index is 1.98. The molecule has 0 saturated carbocycles. The number of nitriles is 2. The second kappa shape index (κ2) is 8.73. The van der Waals surface area contributed by atoms with Crippen molar-refractivity contribution in [3.8, 4) is 23.5 Å². The lowest BCUT2D eigenvalue weighted by Crippen LogP contribution is -2.25. The van der Waals surface area contributed by atoms with Crippen LogP contribution in [0.15, 0.2) is 27.8 Å². The van der Waals surface area contributed by atoms with Gasteiger partial charge in [0.1, 0.15) is 39.3 Å². The molecular formula is C18H15N7O2S2. The van der Waals surface area contributed by atoms with Crippen LogP contribution in [0.4, 0.5) is 10.9 Å². The number of carbonyl (C=O) groups is 1. The smallest absolute Gasteiger partial charge is 0.239 e. The van der Waals surface area contributed by atoms with Crippen LogP contribution in [0, 0.1) is 29.6 Å². The second-order valence-electron chi connectivity index (χ2n) is 5.76. The Morgan fingerprint density at radius 1 is 1.38 bits per heavy atom. The van der Waals surface area contributed by atoms with Gasteiger partial charge in [-0.2, -0.15) is 10.5 Å². The molecule has 0 bridgehead atoms. The molecule has 0 radical (unpaired) electrons. The van der Waals surface area contributed by atoms with Crippen LogP contribution in [0.2, 0.25) is 0 Å². The molecule has 0 spiro atoms. The Morgan fingerprint density at radius 2 is 2.14 bits per heavy atom. The van der Waals surface area contributed by atoms with Gasteiger partial charge >= 0.3 is 0 Å². The van der Waals surface area contributed by atoms with E-state index in [-0.39, 0.29) is 33.4 Å². The zero-order valence-corrected chi connectivity index (χ0v) is 17.1. The lowest BCUT2D eigenvalue weighted by molar-refractivity contribution is -0.115. The average molecular weight is 425 g/mol. The summed E-state index contributed by atoms with van der Waals surface area (Å²) in [7, 11) is 0. The first-order chi connectivity index (χ1) is 14.0. The summed E-state index contributed by atoms with van der Waals surface area (Å²) in [5.74, 6) is 0.00751. The number of amides is 1. The Labute approximate surface area is 174 Å². The molecule has 1 unspecified atom stereocenters. The lowest BCUT2D eigenvalue weighted by Gasteiger charge is -2.16. The van der Waals surface area contributed by atoms with Crippen LogP contribution in [0.25, 0.3) is 11.3 Å². The standard InChI is InChI=1S/C18H15N7O2S2/c1-3-13(16(26)23-18-25-24-9(2)28-18)29-17-11(8-20)14(12-5-4-6-27-12)10(7-19)15(21)22-17/h4-6,13H,3H2,1-2H3,(H2,21,22)(H,23,25,26). The predicted octanol–water partition coefficient (Wildman–Crippen LogP) is 3.34. The lowest BCUT2D eigenvalue weighted by atomic mass is 10.0. The maximum absolute atomic E-state index is 12.7. The normalized spacial score (nSPS) is 11.4. The number of carbonyl (C=O) groups excluding carboxylic acids is 1. The highest BCUT2D eigenvalue weighted by Gasteiger charge is 2.26. The van der Waals surface area contributed by atoms with Gasteiger partial charge in [0.25, 0.3) is 0 Å². The third-order valence-corrected chi connectivity index (χ3v) is 5.96. The average Bonchev–Trinajstić information content (AvgIpc) is 3.37. The summed E-state index contributed by atoms with van der Waals surface area (Å²) in [4.78, 5) is 16.9. The number of thioether (sulfide) groups is 1. The van der Waals surface area contributed by atoms with Crippen LogP contribution < -0.4 is 11.1 Å². The SMILES string of the molecule is CCC(Sc1nc(N)c(C#N)c(-c2ccco2)c1C#N)C(=O)Nc1nnc(C)s1. The van der Waals surface area contributed by atoms with E-state index in [0.717, 1.165) is 16.8 Å². The summed E-state index contributed by atoms with van der Waals surface area (Å²) in [5.41, 5.74) is 6.43. The van der Waals surface area contributed by atoms with E-state index < -0.39 is 5.25 Å². The molecule has 1 atom stereocenters. The van der Waals surface area contributed by atoms with E-state index in [4.69, 9.17) is 10.2 Å². The van der Waals surface area contributed by atoms with Gasteiger partial charge in [-0.1, -0.05) is 30.0 Å². The molecule has 29 heavy (non-hydrogen) atoms. The predicted molar refractivity (Wildman–Crippen MR) is 109 cm³/mol. The number of aromatic nitrogens is 3. The van der Waals surface area contributed by atoms with Gasteiger partial charge in [0, 0.05) is 0 Å². The van der Waals surface area contributed by atoms with Crippen molar-refractivity contribution in [1.29, 1.82) is 10.5 Å². The number of furan rings is 1. The largest absolute Gasteiger partial charge is 0.464 e. The highest BCUT2D eigenvalue weighted by atomic mass is 32.2. The van der Waals surface area contributed by atoms with E-state index in [2.05, 4.69) is 26.6 Å². The topological polar surface area (TPSA) is 155 Å². The van der Waals surface area contributed by atoms with Gasteiger partial charge in [0.15, 0.2) is 0 Å². The van der Waals surface area contributed by atoms with Crippen molar-refractivity contribution in [2.45, 2.75) is 30.5 Å². The third kappa shape index (κ3) is 4.21. The van der Waals surface area contributed by atoms with Crippen molar-refractivity contribution in [2.75, 3.05) is 11.1 Å². The minimum absolute atomic E-state index is 0.0320. The van der Waals surface area contributed by atoms with Gasteiger partial charge in [-0.25, -0.2) is 4.98 Å². The Morgan fingerprint density at radius 3 is 2.69 bits per heavy atom. The molecular weight excluding hydrogens is 410 g/mol. The molecule has 0 fully saturated rings. The van der Waals surface area contributed by atoms with E-state index in [9.17, 15) is 15.3 Å².